The Balaban J connectivity index is 1.50. The largest absolute Gasteiger partial charge is 0.481 e. The fraction of sp³-hybridized carbons (Fsp3) is 0.161. The van der Waals surface area contributed by atoms with Crippen LogP contribution in [0.15, 0.2) is 84.0 Å². The van der Waals surface area contributed by atoms with Gasteiger partial charge in [-0.25, -0.2) is 4.21 Å². The minimum atomic E-state index is -3.14. The van der Waals surface area contributed by atoms with Crippen LogP contribution in [0.1, 0.15) is 56.9 Å². The van der Waals surface area contributed by atoms with E-state index in [1.807, 2.05) is 6.92 Å². The number of anilines is 1. The standard InChI is InChI=1S/C31H29N5O5S/c1-22-17-28(36(2)34-22)31(40)33-26-10-8-9-23(19-26)14-15-24-18-25(21-32-20-24)30(39)35-42(41,16-7-6-13-29(37)38)27-11-4-3-5-12-27/h3-5,8-12,16-21H,6-7,13H2,1-2H3,(H,33,40)(H,37,38)(H,35,39,41). The summed E-state index contributed by atoms with van der Waals surface area (Å²) in [7, 11) is -1.44. The topological polar surface area (TPSA) is 143 Å². The molecule has 2 aromatic carbocycles. The predicted molar refractivity (Wildman–Crippen MR) is 160 cm³/mol. The van der Waals surface area contributed by atoms with Gasteiger partial charge in [-0.3, -0.25) is 28.8 Å². The second-order valence-corrected chi connectivity index (χ2v) is 11.5. The Morgan fingerprint density at radius 3 is 2.45 bits per heavy atom. The Labute approximate surface area is 244 Å². The summed E-state index contributed by atoms with van der Waals surface area (Å²) in [5.74, 6) is 4.14. The quantitative estimate of drug-likeness (QED) is 0.154. The number of aliphatic carboxylic acids is 1. The van der Waals surface area contributed by atoms with Crippen molar-refractivity contribution < 1.29 is 23.7 Å². The Morgan fingerprint density at radius 1 is 0.976 bits per heavy atom. The van der Waals surface area contributed by atoms with Gasteiger partial charge in [0, 0.05) is 47.6 Å². The zero-order valence-corrected chi connectivity index (χ0v) is 23.9. The Kier molecular flexibility index (Phi) is 9.52. The summed E-state index contributed by atoms with van der Waals surface area (Å²) in [6.07, 6.45) is 3.32. The van der Waals surface area contributed by atoms with E-state index in [0.717, 1.165) is 5.69 Å². The van der Waals surface area contributed by atoms with Crippen molar-refractivity contribution in [2.24, 2.45) is 7.05 Å². The van der Waals surface area contributed by atoms with Gasteiger partial charge in [-0.15, -0.1) is 0 Å². The highest BCUT2D eigenvalue weighted by molar-refractivity contribution is 8.00. The Bertz CT molecular complexity index is 1810. The molecule has 42 heavy (non-hydrogen) atoms. The Morgan fingerprint density at radius 2 is 1.74 bits per heavy atom. The second-order valence-electron chi connectivity index (χ2n) is 9.34. The third-order valence-corrected chi connectivity index (χ3v) is 8.16. The summed E-state index contributed by atoms with van der Waals surface area (Å²) in [5.41, 5.74) is 2.98. The minimum absolute atomic E-state index is 0.0707. The molecule has 0 fully saturated rings. The molecule has 0 aliphatic carbocycles. The molecule has 11 heteroatoms. The van der Waals surface area contributed by atoms with Crippen LogP contribution in [0.2, 0.25) is 0 Å². The van der Waals surface area contributed by atoms with Crippen molar-refractivity contribution in [1.82, 2.24) is 19.5 Å². The maximum absolute atomic E-state index is 13.8. The number of aromatic nitrogens is 3. The normalized spacial score (nSPS) is 11.9. The van der Waals surface area contributed by atoms with Gasteiger partial charge in [0.25, 0.3) is 11.8 Å². The molecule has 214 valence electrons. The molecule has 1 atom stereocenters. The first-order valence-electron chi connectivity index (χ1n) is 13.0. The molecule has 1 unspecified atom stereocenters. The first kappa shape index (κ1) is 29.8. The monoisotopic (exact) mass is 583 g/mol. The zero-order valence-electron chi connectivity index (χ0n) is 23.0. The lowest BCUT2D eigenvalue weighted by atomic mass is 10.1. The molecule has 0 aliphatic heterocycles. The number of unbranched alkanes of at least 4 members (excludes halogenated alkanes) is 1. The number of hydrogen-bond donors (Lipinski definition) is 3. The van der Waals surface area contributed by atoms with Crippen LogP contribution in [-0.2, 0) is 21.5 Å². The van der Waals surface area contributed by atoms with Crippen LogP contribution >= 0.6 is 0 Å². The maximum Gasteiger partial charge on any atom is 0.303 e. The number of amides is 2. The number of hydrogen-bond acceptors (Lipinski definition) is 6. The smallest absolute Gasteiger partial charge is 0.303 e. The number of nitrogens with one attached hydrogen (secondary N) is 2. The average molecular weight is 584 g/mol. The van der Waals surface area contributed by atoms with Crippen molar-refractivity contribution in [2.45, 2.75) is 31.1 Å². The first-order chi connectivity index (χ1) is 20.1. The molecule has 2 amide bonds. The van der Waals surface area contributed by atoms with Crippen molar-refractivity contribution in [3.05, 3.63) is 107 Å². The van der Waals surface area contributed by atoms with Gasteiger partial charge in [-0.1, -0.05) is 36.1 Å². The third kappa shape index (κ3) is 7.93. The molecule has 0 aliphatic rings. The van der Waals surface area contributed by atoms with Gasteiger partial charge >= 0.3 is 5.97 Å². The van der Waals surface area contributed by atoms with E-state index < -0.39 is 21.6 Å². The van der Waals surface area contributed by atoms with Crippen LogP contribution in [0.25, 0.3) is 0 Å². The summed E-state index contributed by atoms with van der Waals surface area (Å²) in [4.78, 5) is 41.2. The van der Waals surface area contributed by atoms with E-state index >= 15 is 0 Å². The second kappa shape index (κ2) is 13.4. The lowest BCUT2D eigenvalue weighted by molar-refractivity contribution is -0.137. The molecule has 2 aromatic heterocycles. The minimum Gasteiger partial charge on any atom is -0.481 e. The molecule has 0 bridgehead atoms. The van der Waals surface area contributed by atoms with Gasteiger partial charge in [-0.2, -0.15) is 5.10 Å². The van der Waals surface area contributed by atoms with Crippen LogP contribution < -0.4 is 10.0 Å². The number of carbonyl (C=O) groups excluding carboxylic acids is 2. The van der Waals surface area contributed by atoms with Gasteiger partial charge < -0.3 is 10.4 Å². The summed E-state index contributed by atoms with van der Waals surface area (Å²) < 4.78 is 17.9. The lowest BCUT2D eigenvalue weighted by Crippen LogP contribution is -2.32. The number of pyridine rings is 1. The zero-order chi connectivity index (χ0) is 30.1. The van der Waals surface area contributed by atoms with Crippen molar-refractivity contribution >= 4 is 38.5 Å². The Hall–Kier alpha value is -5.21. The molecule has 0 saturated carbocycles. The van der Waals surface area contributed by atoms with Crippen LogP contribution in [-0.4, -0.2) is 47.2 Å². The predicted octanol–water partition coefficient (Wildman–Crippen LogP) is 3.82. The van der Waals surface area contributed by atoms with Crippen molar-refractivity contribution in [3.63, 3.8) is 0 Å². The van der Waals surface area contributed by atoms with Crippen molar-refractivity contribution in [1.29, 1.82) is 0 Å². The average Bonchev–Trinajstić information content (AvgIpc) is 3.32. The summed E-state index contributed by atoms with van der Waals surface area (Å²) in [5, 5.41) is 17.4. The highest BCUT2D eigenvalue weighted by atomic mass is 32.2. The fourth-order valence-corrected chi connectivity index (χ4v) is 5.84. The molecule has 4 rings (SSSR count). The fourth-order valence-electron chi connectivity index (χ4n) is 3.99. The van der Waals surface area contributed by atoms with Crippen LogP contribution in [0, 0.1) is 18.8 Å². The van der Waals surface area contributed by atoms with Crippen molar-refractivity contribution in [3.8, 4) is 11.8 Å². The SMILES string of the molecule is Cc1cc(C(=O)Nc2cccc(C#Cc3cncc(C(=O)NS(=O)(=CCCCC(=O)O)c4ccccc4)c3)c2)n(C)n1. The number of carboxylic acids is 1. The lowest BCUT2D eigenvalue weighted by Gasteiger charge is -2.14. The van der Waals surface area contributed by atoms with E-state index in [1.54, 1.807) is 73.8 Å². The molecule has 3 N–H and O–H groups in total. The number of rotatable bonds is 9. The van der Waals surface area contributed by atoms with Gasteiger partial charge in [0.15, 0.2) is 0 Å². The number of nitrogens with zero attached hydrogens (tertiary/aromatic N) is 3. The summed E-state index contributed by atoms with van der Waals surface area (Å²) >= 11 is 0. The number of benzene rings is 2. The van der Waals surface area contributed by atoms with Crippen LogP contribution in [0.3, 0.4) is 0 Å². The molecule has 2 heterocycles. The van der Waals surface area contributed by atoms with Crippen molar-refractivity contribution in [2.75, 3.05) is 5.32 Å². The van der Waals surface area contributed by atoms with E-state index in [0.29, 0.717) is 27.4 Å². The molecule has 0 radical (unpaired) electrons. The van der Waals surface area contributed by atoms with E-state index in [1.165, 1.54) is 22.4 Å². The van der Waals surface area contributed by atoms with Crippen LogP contribution in [0.5, 0.6) is 0 Å². The molecular weight excluding hydrogens is 554 g/mol. The summed E-state index contributed by atoms with van der Waals surface area (Å²) in [6, 6.07) is 18.8. The highest BCUT2D eigenvalue weighted by Crippen LogP contribution is 2.14. The van der Waals surface area contributed by atoms with Gasteiger partial charge in [0.05, 0.1) is 21.0 Å². The van der Waals surface area contributed by atoms with E-state index in [-0.39, 0.29) is 30.7 Å². The van der Waals surface area contributed by atoms with Gasteiger partial charge in [0.2, 0.25) is 0 Å². The molecular formula is C31H29N5O5S. The molecule has 4 aromatic rings. The van der Waals surface area contributed by atoms with E-state index in [9.17, 15) is 18.6 Å². The number of carbonyl (C=O) groups is 3. The molecule has 0 spiro atoms. The number of aryl methyl sites for hydroxylation is 2. The molecule has 0 saturated heterocycles. The summed E-state index contributed by atoms with van der Waals surface area (Å²) in [6.45, 7) is 1.81. The van der Waals surface area contributed by atoms with Crippen LogP contribution in [0.4, 0.5) is 5.69 Å². The number of carboxylic acid groups (broad SMARTS) is 1. The molecule has 10 nitrogen and oxygen atoms in total. The highest BCUT2D eigenvalue weighted by Gasteiger charge is 2.17. The first-order valence-corrected chi connectivity index (χ1v) is 14.6. The third-order valence-electron chi connectivity index (χ3n) is 5.99. The maximum atomic E-state index is 13.8. The van der Waals surface area contributed by atoms with E-state index in [4.69, 9.17) is 5.11 Å². The van der Waals surface area contributed by atoms with E-state index in [2.05, 4.69) is 32.0 Å². The van der Waals surface area contributed by atoms with Gasteiger partial charge in [0.1, 0.15) is 5.69 Å². The van der Waals surface area contributed by atoms with Gasteiger partial charge in [-0.05, 0) is 67.6 Å².